The first-order valence-electron chi connectivity index (χ1n) is 9.17. The van der Waals surface area contributed by atoms with Gasteiger partial charge in [0.05, 0.1) is 5.92 Å². The van der Waals surface area contributed by atoms with Gasteiger partial charge >= 0.3 is 0 Å². The first kappa shape index (κ1) is 16.9. The van der Waals surface area contributed by atoms with Crippen LogP contribution in [-0.2, 0) is 9.59 Å². The summed E-state index contributed by atoms with van der Waals surface area (Å²) in [5, 5.41) is 2.90. The molecule has 1 saturated carbocycles. The zero-order valence-electron chi connectivity index (χ0n) is 14.5. The van der Waals surface area contributed by atoms with E-state index in [1.54, 1.807) is 6.07 Å². The number of rotatable bonds is 3. The minimum atomic E-state index is -0.131. The van der Waals surface area contributed by atoms with Crippen molar-refractivity contribution >= 4 is 17.6 Å². The second kappa shape index (κ2) is 7.77. The number of carbonyl (C=O) groups excluding carboxylic acids is 2. The second-order valence-electron chi connectivity index (χ2n) is 7.11. The monoisotopic (exact) mass is 329 g/mol. The van der Waals surface area contributed by atoms with Gasteiger partial charge in [-0.15, -0.1) is 0 Å². The molecule has 3 rings (SSSR count). The van der Waals surface area contributed by atoms with E-state index in [4.69, 9.17) is 0 Å². The summed E-state index contributed by atoms with van der Waals surface area (Å²) in [6.07, 6.45) is 7.33. The van der Waals surface area contributed by atoms with Gasteiger partial charge in [-0.3, -0.25) is 9.59 Å². The van der Waals surface area contributed by atoms with Gasteiger partial charge < -0.3 is 10.2 Å². The minimum Gasteiger partial charge on any atom is -0.342 e. The third-order valence-corrected chi connectivity index (χ3v) is 5.20. The predicted octanol–water partition coefficient (Wildman–Crippen LogP) is 3.15. The summed E-state index contributed by atoms with van der Waals surface area (Å²) < 4.78 is 0. The Hall–Kier alpha value is -1.91. The maximum absolute atomic E-state index is 12.7. The molecule has 24 heavy (non-hydrogen) atoms. The van der Waals surface area contributed by atoms with Crippen molar-refractivity contribution in [1.29, 1.82) is 0 Å². The van der Waals surface area contributed by atoms with Crippen molar-refractivity contribution in [2.45, 2.75) is 51.9 Å². The number of amides is 2. The number of aryl methyl sites for hydroxylation is 1. The highest BCUT2D eigenvalue weighted by Gasteiger charge is 2.32. The summed E-state index contributed by atoms with van der Waals surface area (Å²) in [4.78, 5) is 31.5. The van der Waals surface area contributed by atoms with Crippen LogP contribution in [-0.4, -0.2) is 34.8 Å². The SMILES string of the molecule is Cc1cccc(NC(=O)C2CCCN(C(=O)C3CCCCC3)C2)n1. The number of nitrogens with one attached hydrogen (secondary N) is 1. The highest BCUT2D eigenvalue weighted by Crippen LogP contribution is 2.27. The van der Waals surface area contributed by atoms with Crippen LogP contribution in [0, 0.1) is 18.8 Å². The third kappa shape index (κ3) is 4.13. The average Bonchev–Trinajstić information content (AvgIpc) is 2.62. The molecule has 2 fully saturated rings. The Morgan fingerprint density at radius 1 is 1.08 bits per heavy atom. The van der Waals surface area contributed by atoms with E-state index in [2.05, 4.69) is 10.3 Å². The molecule has 1 saturated heterocycles. The van der Waals surface area contributed by atoms with Gasteiger partial charge in [-0.25, -0.2) is 4.98 Å². The summed E-state index contributed by atoms with van der Waals surface area (Å²) in [7, 11) is 0. The summed E-state index contributed by atoms with van der Waals surface area (Å²) in [5.74, 6) is 0.887. The smallest absolute Gasteiger partial charge is 0.230 e. The normalized spacial score (nSPS) is 22.2. The van der Waals surface area contributed by atoms with Gasteiger partial charge in [0, 0.05) is 24.7 Å². The summed E-state index contributed by atoms with van der Waals surface area (Å²) in [6, 6.07) is 5.59. The van der Waals surface area contributed by atoms with Crippen LogP contribution in [0.25, 0.3) is 0 Å². The molecule has 2 amide bonds. The van der Waals surface area contributed by atoms with E-state index in [1.807, 2.05) is 24.0 Å². The van der Waals surface area contributed by atoms with Gasteiger partial charge in [-0.05, 0) is 44.7 Å². The summed E-state index contributed by atoms with van der Waals surface area (Å²) >= 11 is 0. The van der Waals surface area contributed by atoms with Gasteiger partial charge in [-0.2, -0.15) is 0 Å². The number of likely N-dealkylation sites (tertiary alicyclic amines) is 1. The van der Waals surface area contributed by atoms with E-state index >= 15 is 0 Å². The Morgan fingerprint density at radius 2 is 1.83 bits per heavy atom. The van der Waals surface area contributed by atoms with Gasteiger partial charge in [-0.1, -0.05) is 25.3 Å². The molecule has 130 valence electrons. The number of nitrogens with zero attached hydrogens (tertiary/aromatic N) is 2. The van der Waals surface area contributed by atoms with Crippen molar-refractivity contribution in [3.63, 3.8) is 0 Å². The summed E-state index contributed by atoms with van der Waals surface area (Å²) in [6.45, 7) is 3.25. The number of carbonyl (C=O) groups is 2. The maximum Gasteiger partial charge on any atom is 0.230 e. The van der Waals surface area contributed by atoms with Crippen LogP contribution in [0.15, 0.2) is 18.2 Å². The lowest BCUT2D eigenvalue weighted by Gasteiger charge is -2.35. The van der Waals surface area contributed by atoms with E-state index in [0.717, 1.165) is 50.8 Å². The molecule has 1 aromatic heterocycles. The first-order valence-corrected chi connectivity index (χ1v) is 9.17. The molecule has 0 radical (unpaired) electrons. The van der Waals surface area contributed by atoms with E-state index in [1.165, 1.54) is 6.42 Å². The highest BCUT2D eigenvalue weighted by molar-refractivity contribution is 5.92. The van der Waals surface area contributed by atoms with E-state index < -0.39 is 0 Å². The summed E-state index contributed by atoms with van der Waals surface area (Å²) in [5.41, 5.74) is 0.880. The maximum atomic E-state index is 12.7. The third-order valence-electron chi connectivity index (χ3n) is 5.20. The molecule has 5 heteroatoms. The number of piperidine rings is 1. The fraction of sp³-hybridized carbons (Fsp3) is 0.632. The van der Waals surface area contributed by atoms with Gasteiger partial charge in [0.15, 0.2) is 0 Å². The molecule has 1 aliphatic heterocycles. The van der Waals surface area contributed by atoms with Crippen LogP contribution in [0.2, 0.25) is 0 Å². The molecule has 0 aromatic carbocycles. The number of hydrogen-bond donors (Lipinski definition) is 1. The van der Waals surface area contributed by atoms with Crippen LogP contribution in [0.4, 0.5) is 5.82 Å². The molecule has 2 heterocycles. The van der Waals surface area contributed by atoms with Gasteiger partial charge in [0.2, 0.25) is 11.8 Å². The van der Waals surface area contributed by atoms with Crippen molar-refractivity contribution < 1.29 is 9.59 Å². The van der Waals surface area contributed by atoms with Crippen LogP contribution >= 0.6 is 0 Å². The first-order chi connectivity index (χ1) is 11.6. The van der Waals surface area contributed by atoms with E-state index in [-0.39, 0.29) is 23.7 Å². The Balaban J connectivity index is 1.58. The lowest BCUT2D eigenvalue weighted by atomic mass is 9.87. The van der Waals surface area contributed by atoms with Crippen LogP contribution < -0.4 is 5.32 Å². The Bertz CT molecular complexity index is 596. The molecule has 1 N–H and O–H groups in total. The molecule has 0 spiro atoms. The fourth-order valence-electron chi connectivity index (χ4n) is 3.84. The second-order valence-corrected chi connectivity index (χ2v) is 7.11. The molecule has 1 atom stereocenters. The number of aromatic nitrogens is 1. The predicted molar refractivity (Wildman–Crippen MR) is 93.5 cm³/mol. The molecule has 1 aliphatic carbocycles. The fourth-order valence-corrected chi connectivity index (χ4v) is 3.84. The number of anilines is 1. The minimum absolute atomic E-state index is 0.0192. The molecule has 1 unspecified atom stereocenters. The molecule has 2 aliphatic rings. The Kier molecular flexibility index (Phi) is 5.48. The number of hydrogen-bond acceptors (Lipinski definition) is 3. The molecule has 1 aromatic rings. The van der Waals surface area contributed by atoms with E-state index in [0.29, 0.717) is 12.4 Å². The highest BCUT2D eigenvalue weighted by atomic mass is 16.2. The van der Waals surface area contributed by atoms with Gasteiger partial charge in [0.25, 0.3) is 0 Å². The largest absolute Gasteiger partial charge is 0.342 e. The zero-order valence-corrected chi connectivity index (χ0v) is 14.5. The Labute approximate surface area is 143 Å². The lowest BCUT2D eigenvalue weighted by Crippen LogP contribution is -2.46. The van der Waals surface area contributed by atoms with Crippen LogP contribution in [0.3, 0.4) is 0 Å². The average molecular weight is 329 g/mol. The molecule has 0 bridgehead atoms. The van der Waals surface area contributed by atoms with Crippen molar-refractivity contribution in [3.05, 3.63) is 23.9 Å². The van der Waals surface area contributed by atoms with Crippen molar-refractivity contribution in [2.75, 3.05) is 18.4 Å². The molecule has 5 nitrogen and oxygen atoms in total. The molecular weight excluding hydrogens is 302 g/mol. The standard InChI is InChI=1S/C19H27N3O2/c1-14-7-5-11-17(20-14)21-18(23)16-10-6-12-22(13-16)19(24)15-8-3-2-4-9-15/h5,7,11,15-16H,2-4,6,8-10,12-13H2,1H3,(H,20,21,23). The lowest BCUT2D eigenvalue weighted by molar-refractivity contribution is -0.139. The Morgan fingerprint density at radius 3 is 2.58 bits per heavy atom. The van der Waals surface area contributed by atoms with Crippen molar-refractivity contribution in [1.82, 2.24) is 9.88 Å². The van der Waals surface area contributed by atoms with Crippen molar-refractivity contribution in [2.24, 2.45) is 11.8 Å². The topological polar surface area (TPSA) is 62.3 Å². The van der Waals surface area contributed by atoms with Crippen LogP contribution in [0.1, 0.15) is 50.6 Å². The van der Waals surface area contributed by atoms with Crippen LogP contribution in [0.5, 0.6) is 0 Å². The molecular formula is C19H27N3O2. The van der Waals surface area contributed by atoms with Crippen molar-refractivity contribution in [3.8, 4) is 0 Å². The van der Waals surface area contributed by atoms with Gasteiger partial charge in [0.1, 0.15) is 5.82 Å². The zero-order chi connectivity index (χ0) is 16.9. The van der Waals surface area contributed by atoms with E-state index in [9.17, 15) is 9.59 Å². The number of pyridine rings is 1. The quantitative estimate of drug-likeness (QED) is 0.926.